The van der Waals surface area contributed by atoms with Crippen LogP contribution >= 0.6 is 0 Å². The molecule has 0 spiro atoms. The number of benzene rings is 1. The molecule has 1 aliphatic heterocycles. The molecule has 18 heavy (non-hydrogen) atoms. The maximum atomic E-state index is 13.5. The number of nitrogens with zero attached hydrogens (tertiary/aromatic N) is 1. The van der Waals surface area contributed by atoms with Crippen LogP contribution in [0.4, 0.5) is 13.2 Å². The van der Waals surface area contributed by atoms with Crippen molar-refractivity contribution in [2.24, 2.45) is 0 Å². The lowest BCUT2D eigenvalue weighted by atomic mass is 10.1. The second-order valence-electron chi connectivity index (χ2n) is 4.31. The Bertz CT molecular complexity index is 449. The van der Waals surface area contributed by atoms with E-state index in [0.29, 0.717) is 18.7 Å². The molecule has 3 nitrogen and oxygen atoms in total. The van der Waals surface area contributed by atoms with Crippen LogP contribution in [0.1, 0.15) is 16.8 Å². The Labute approximate surface area is 103 Å². The molecule has 2 rings (SSSR count). The molecular formula is C12H13F3N2O. The predicted octanol–water partition coefficient (Wildman–Crippen LogP) is 1.54. The molecule has 0 unspecified atom stereocenters. The smallest absolute Gasteiger partial charge is 0.259 e. The van der Waals surface area contributed by atoms with E-state index < -0.39 is 28.9 Å². The molecule has 1 aromatic carbocycles. The van der Waals surface area contributed by atoms with Gasteiger partial charge in [-0.05, 0) is 13.0 Å². The molecule has 0 aromatic heterocycles. The Balaban J connectivity index is 2.28. The fourth-order valence-electron chi connectivity index (χ4n) is 2.06. The Morgan fingerprint density at radius 3 is 2.44 bits per heavy atom. The number of amides is 1. The lowest BCUT2D eigenvalue weighted by molar-refractivity contribution is 0.0733. The van der Waals surface area contributed by atoms with E-state index in [1.807, 2.05) is 0 Å². The van der Waals surface area contributed by atoms with Crippen LogP contribution in [0.15, 0.2) is 12.1 Å². The summed E-state index contributed by atoms with van der Waals surface area (Å²) in [5, 5.41) is 3.06. The van der Waals surface area contributed by atoms with E-state index in [-0.39, 0.29) is 6.04 Å². The van der Waals surface area contributed by atoms with Crippen LogP contribution in [-0.2, 0) is 0 Å². The topological polar surface area (TPSA) is 32.3 Å². The first-order valence-electron chi connectivity index (χ1n) is 5.63. The van der Waals surface area contributed by atoms with Crippen LogP contribution in [0.3, 0.4) is 0 Å². The highest BCUT2D eigenvalue weighted by Crippen LogP contribution is 2.18. The summed E-state index contributed by atoms with van der Waals surface area (Å²) in [5.74, 6) is -4.14. The fourth-order valence-corrected chi connectivity index (χ4v) is 2.06. The minimum absolute atomic E-state index is 0.0960. The van der Waals surface area contributed by atoms with E-state index in [1.54, 1.807) is 0 Å². The number of likely N-dealkylation sites (N-methyl/N-ethyl adjacent to an activating group) is 1. The van der Waals surface area contributed by atoms with Gasteiger partial charge in [0, 0.05) is 31.8 Å². The van der Waals surface area contributed by atoms with Gasteiger partial charge >= 0.3 is 0 Å². The van der Waals surface area contributed by atoms with Gasteiger partial charge in [0.05, 0.1) is 0 Å². The van der Waals surface area contributed by atoms with Gasteiger partial charge in [0.1, 0.15) is 23.0 Å². The fraction of sp³-hybridized carbons (Fsp3) is 0.417. The summed E-state index contributed by atoms with van der Waals surface area (Å²) < 4.78 is 39.7. The van der Waals surface area contributed by atoms with Gasteiger partial charge in [-0.1, -0.05) is 0 Å². The molecule has 1 heterocycles. The van der Waals surface area contributed by atoms with Gasteiger partial charge in [-0.3, -0.25) is 4.79 Å². The Morgan fingerprint density at radius 1 is 1.33 bits per heavy atom. The van der Waals surface area contributed by atoms with E-state index in [4.69, 9.17) is 0 Å². The van der Waals surface area contributed by atoms with Crippen LogP contribution in [0, 0.1) is 17.5 Å². The number of hydrogen-bond donors (Lipinski definition) is 1. The minimum atomic E-state index is -1.17. The first kappa shape index (κ1) is 12.9. The van der Waals surface area contributed by atoms with Crippen LogP contribution in [0.25, 0.3) is 0 Å². The molecule has 0 radical (unpaired) electrons. The number of carbonyl (C=O) groups excluding carboxylic acids is 1. The molecule has 1 atom stereocenters. The molecule has 98 valence electrons. The maximum absolute atomic E-state index is 13.5. The third-order valence-corrected chi connectivity index (χ3v) is 3.12. The molecule has 0 aliphatic carbocycles. The molecule has 1 aliphatic rings. The maximum Gasteiger partial charge on any atom is 0.259 e. The van der Waals surface area contributed by atoms with E-state index >= 15 is 0 Å². The van der Waals surface area contributed by atoms with Crippen LogP contribution < -0.4 is 5.32 Å². The minimum Gasteiger partial charge on any atom is -0.337 e. The van der Waals surface area contributed by atoms with Gasteiger partial charge in [-0.15, -0.1) is 0 Å². The van der Waals surface area contributed by atoms with Gasteiger partial charge in [0.2, 0.25) is 0 Å². The lowest BCUT2D eigenvalue weighted by Gasteiger charge is -2.24. The normalized spacial score (nSPS) is 19.0. The number of carbonyl (C=O) groups is 1. The summed E-state index contributed by atoms with van der Waals surface area (Å²) in [6, 6.07) is 0.926. The summed E-state index contributed by atoms with van der Waals surface area (Å²) in [6.45, 7) is 1.35. The van der Waals surface area contributed by atoms with Crippen molar-refractivity contribution in [1.82, 2.24) is 10.2 Å². The standard InChI is InChI=1S/C12H13F3N2O/c1-17(8-2-3-16-6-8)12(18)11-9(14)4-7(13)5-10(11)15/h4-5,8,16H,2-3,6H2,1H3/t8-/m0/s1. The van der Waals surface area contributed by atoms with Crippen molar-refractivity contribution in [3.63, 3.8) is 0 Å². The monoisotopic (exact) mass is 258 g/mol. The largest absolute Gasteiger partial charge is 0.337 e. The zero-order valence-electron chi connectivity index (χ0n) is 9.84. The molecule has 1 aromatic rings. The first-order chi connectivity index (χ1) is 8.50. The molecule has 1 amide bonds. The number of hydrogen-bond acceptors (Lipinski definition) is 2. The third-order valence-electron chi connectivity index (χ3n) is 3.12. The quantitative estimate of drug-likeness (QED) is 0.872. The number of halogens is 3. The summed E-state index contributed by atoms with van der Waals surface area (Å²) in [7, 11) is 1.49. The molecule has 0 bridgehead atoms. The average Bonchev–Trinajstić information content (AvgIpc) is 2.79. The van der Waals surface area contributed by atoms with Crippen molar-refractivity contribution in [3.8, 4) is 0 Å². The van der Waals surface area contributed by atoms with Crippen LogP contribution in [0.5, 0.6) is 0 Å². The Morgan fingerprint density at radius 2 is 1.94 bits per heavy atom. The van der Waals surface area contributed by atoms with Crippen molar-refractivity contribution in [2.45, 2.75) is 12.5 Å². The highest BCUT2D eigenvalue weighted by molar-refractivity contribution is 5.94. The van der Waals surface area contributed by atoms with Crippen molar-refractivity contribution in [2.75, 3.05) is 20.1 Å². The SMILES string of the molecule is CN(C(=O)c1c(F)cc(F)cc1F)[C@H]1CCNC1. The van der Waals surface area contributed by atoms with Crippen LogP contribution in [-0.4, -0.2) is 37.0 Å². The second-order valence-corrected chi connectivity index (χ2v) is 4.31. The summed E-state index contributed by atoms with van der Waals surface area (Å²) >= 11 is 0. The van der Waals surface area contributed by atoms with E-state index in [0.717, 1.165) is 13.0 Å². The van der Waals surface area contributed by atoms with Gasteiger partial charge < -0.3 is 10.2 Å². The van der Waals surface area contributed by atoms with Crippen molar-refractivity contribution >= 4 is 5.91 Å². The summed E-state index contributed by atoms with van der Waals surface area (Å²) in [6.07, 6.45) is 0.729. The molecule has 1 saturated heterocycles. The van der Waals surface area contributed by atoms with Gasteiger partial charge in [-0.25, -0.2) is 13.2 Å². The Kier molecular flexibility index (Phi) is 3.56. The van der Waals surface area contributed by atoms with E-state index in [1.165, 1.54) is 11.9 Å². The van der Waals surface area contributed by atoms with Gasteiger partial charge in [0.15, 0.2) is 0 Å². The second kappa shape index (κ2) is 4.97. The molecule has 6 heteroatoms. The van der Waals surface area contributed by atoms with Gasteiger partial charge in [0.25, 0.3) is 5.91 Å². The van der Waals surface area contributed by atoms with E-state index in [9.17, 15) is 18.0 Å². The highest BCUT2D eigenvalue weighted by atomic mass is 19.1. The Hall–Kier alpha value is -1.56. The molecule has 1 fully saturated rings. The van der Waals surface area contributed by atoms with Crippen molar-refractivity contribution < 1.29 is 18.0 Å². The summed E-state index contributed by atoms with van der Waals surface area (Å²) in [4.78, 5) is 13.3. The van der Waals surface area contributed by atoms with Crippen molar-refractivity contribution in [1.29, 1.82) is 0 Å². The number of nitrogens with one attached hydrogen (secondary N) is 1. The third kappa shape index (κ3) is 2.33. The zero-order chi connectivity index (χ0) is 13.3. The first-order valence-corrected chi connectivity index (χ1v) is 5.63. The van der Waals surface area contributed by atoms with Crippen molar-refractivity contribution in [3.05, 3.63) is 35.1 Å². The summed E-state index contributed by atoms with van der Waals surface area (Å²) in [5.41, 5.74) is -0.703. The molecular weight excluding hydrogens is 245 g/mol. The highest BCUT2D eigenvalue weighted by Gasteiger charge is 2.28. The molecule has 1 N–H and O–H groups in total. The predicted molar refractivity (Wildman–Crippen MR) is 59.7 cm³/mol. The lowest BCUT2D eigenvalue weighted by Crippen LogP contribution is -2.39. The van der Waals surface area contributed by atoms with E-state index in [2.05, 4.69) is 5.32 Å². The molecule has 0 saturated carbocycles. The van der Waals surface area contributed by atoms with Gasteiger partial charge in [-0.2, -0.15) is 0 Å². The average molecular weight is 258 g/mol. The zero-order valence-corrected chi connectivity index (χ0v) is 9.84. The number of rotatable bonds is 2. The van der Waals surface area contributed by atoms with Crippen LogP contribution in [0.2, 0.25) is 0 Å².